The highest BCUT2D eigenvalue weighted by molar-refractivity contribution is 9.10. The Morgan fingerprint density at radius 1 is 1.24 bits per heavy atom. The van der Waals surface area contributed by atoms with E-state index >= 15 is 0 Å². The van der Waals surface area contributed by atoms with E-state index in [1.165, 1.54) is 11.8 Å². The summed E-state index contributed by atoms with van der Waals surface area (Å²) in [5.41, 5.74) is 0. The molecule has 0 amide bonds. The lowest BCUT2D eigenvalue weighted by Crippen LogP contribution is -2.07. The van der Waals surface area contributed by atoms with E-state index in [4.69, 9.17) is 0 Å². The smallest absolute Gasteiger partial charge is 0.256 e. The highest BCUT2D eigenvalue weighted by Gasteiger charge is 2.09. The summed E-state index contributed by atoms with van der Waals surface area (Å²) in [7, 11) is 1.76. The topological polar surface area (TPSA) is 81.4 Å². The molecule has 0 spiro atoms. The molecule has 106 valence electrons. The maximum Gasteiger partial charge on any atom is 0.256 e. The molecule has 0 saturated carbocycles. The van der Waals surface area contributed by atoms with Gasteiger partial charge in [0.05, 0.1) is 0 Å². The van der Waals surface area contributed by atoms with Crippen LogP contribution < -0.4 is 5.32 Å². The molecule has 3 rings (SSSR count). The molecule has 0 aliphatic carbocycles. The molecule has 0 aliphatic heterocycles. The number of rotatable bonds is 4. The summed E-state index contributed by atoms with van der Waals surface area (Å²) in [6.45, 7) is 0. The highest BCUT2D eigenvalue weighted by Crippen LogP contribution is 2.24. The van der Waals surface area contributed by atoms with Crippen molar-refractivity contribution in [3.63, 3.8) is 0 Å². The van der Waals surface area contributed by atoms with E-state index in [-0.39, 0.29) is 0 Å². The fourth-order valence-corrected chi connectivity index (χ4v) is 2.43. The number of halogens is 1. The van der Waals surface area contributed by atoms with E-state index in [1.807, 2.05) is 18.2 Å². The van der Waals surface area contributed by atoms with Crippen LogP contribution in [-0.2, 0) is 0 Å². The van der Waals surface area contributed by atoms with E-state index in [9.17, 15) is 0 Å². The van der Waals surface area contributed by atoms with Crippen LogP contribution in [0.2, 0.25) is 0 Å². The second kappa shape index (κ2) is 6.19. The third-order valence-electron chi connectivity index (χ3n) is 2.43. The van der Waals surface area contributed by atoms with Crippen molar-refractivity contribution >= 4 is 33.6 Å². The van der Waals surface area contributed by atoms with Crippen molar-refractivity contribution in [1.82, 2.24) is 29.7 Å². The van der Waals surface area contributed by atoms with Crippen molar-refractivity contribution in [1.29, 1.82) is 0 Å². The van der Waals surface area contributed by atoms with Gasteiger partial charge >= 0.3 is 0 Å². The van der Waals surface area contributed by atoms with Crippen LogP contribution in [0.25, 0.3) is 5.95 Å². The molecule has 3 aromatic heterocycles. The summed E-state index contributed by atoms with van der Waals surface area (Å²) in [5, 5.41) is 8.40. The van der Waals surface area contributed by atoms with Crippen LogP contribution in [0.15, 0.2) is 51.4 Å². The van der Waals surface area contributed by atoms with Gasteiger partial charge in [-0.2, -0.15) is 20.1 Å². The summed E-state index contributed by atoms with van der Waals surface area (Å²) in [6, 6.07) is 5.63. The predicted molar refractivity (Wildman–Crippen MR) is 82.6 cm³/mol. The van der Waals surface area contributed by atoms with Gasteiger partial charge < -0.3 is 5.32 Å². The van der Waals surface area contributed by atoms with Gasteiger partial charge in [-0.05, 0) is 45.9 Å². The fraction of sp³-hybridized carbons (Fsp3) is 0.0833. The van der Waals surface area contributed by atoms with Crippen molar-refractivity contribution in [3.8, 4) is 5.95 Å². The molecule has 9 heteroatoms. The molecule has 3 aromatic rings. The Morgan fingerprint density at radius 3 is 2.81 bits per heavy atom. The Hall–Kier alpha value is -2.00. The molecule has 3 heterocycles. The van der Waals surface area contributed by atoms with E-state index in [1.54, 1.807) is 30.3 Å². The molecule has 0 fully saturated rings. The van der Waals surface area contributed by atoms with Gasteiger partial charge in [0.25, 0.3) is 5.95 Å². The Bertz CT molecular complexity index is 730. The van der Waals surface area contributed by atoms with Crippen LogP contribution in [0.1, 0.15) is 0 Å². The molecular formula is C12H10BrN7S. The maximum absolute atomic E-state index is 4.39. The number of aromatic nitrogens is 6. The molecule has 0 aliphatic rings. The number of nitrogens with one attached hydrogen (secondary N) is 1. The van der Waals surface area contributed by atoms with Crippen molar-refractivity contribution < 1.29 is 0 Å². The summed E-state index contributed by atoms with van der Waals surface area (Å²) in [5.74, 6) is 0.939. The van der Waals surface area contributed by atoms with Crippen molar-refractivity contribution in [2.75, 3.05) is 12.4 Å². The van der Waals surface area contributed by atoms with E-state index in [2.05, 4.69) is 46.3 Å². The van der Waals surface area contributed by atoms with Crippen LogP contribution in [0, 0.1) is 0 Å². The maximum atomic E-state index is 4.39. The summed E-state index contributed by atoms with van der Waals surface area (Å²) < 4.78 is 2.51. The molecular weight excluding hydrogens is 354 g/mol. The molecule has 7 nitrogen and oxygen atoms in total. The Balaban J connectivity index is 1.94. The van der Waals surface area contributed by atoms with Crippen LogP contribution in [0.5, 0.6) is 0 Å². The van der Waals surface area contributed by atoms with Crippen molar-refractivity contribution in [2.24, 2.45) is 0 Å². The fourth-order valence-electron chi connectivity index (χ4n) is 1.51. The standard InChI is InChI=1S/C12H10BrN7S/c1-14-10-17-11(20-6-2-5-16-20)19-12(18-10)21-9-4-3-8(13)7-15-9/h2-7H,1H3,(H,14,17,18,19). The molecule has 0 radical (unpaired) electrons. The lowest BCUT2D eigenvalue weighted by atomic mass is 10.5. The number of nitrogens with zero attached hydrogens (tertiary/aromatic N) is 6. The molecule has 1 N–H and O–H groups in total. The minimum absolute atomic E-state index is 0.457. The Kier molecular flexibility index (Phi) is 4.11. The minimum atomic E-state index is 0.457. The third kappa shape index (κ3) is 3.37. The highest BCUT2D eigenvalue weighted by atomic mass is 79.9. The van der Waals surface area contributed by atoms with Crippen molar-refractivity contribution in [3.05, 3.63) is 41.3 Å². The number of hydrogen-bond acceptors (Lipinski definition) is 7. The zero-order valence-electron chi connectivity index (χ0n) is 10.9. The first kappa shape index (κ1) is 14.0. The van der Waals surface area contributed by atoms with Gasteiger partial charge in [-0.15, -0.1) is 0 Å². The Morgan fingerprint density at radius 2 is 2.14 bits per heavy atom. The first-order valence-electron chi connectivity index (χ1n) is 5.98. The summed E-state index contributed by atoms with van der Waals surface area (Å²) in [6.07, 6.45) is 5.18. The number of anilines is 1. The molecule has 0 unspecified atom stereocenters. The molecule has 21 heavy (non-hydrogen) atoms. The summed E-state index contributed by atoms with van der Waals surface area (Å²) in [4.78, 5) is 17.3. The van der Waals surface area contributed by atoms with E-state index < -0.39 is 0 Å². The van der Waals surface area contributed by atoms with E-state index in [0.29, 0.717) is 17.1 Å². The minimum Gasteiger partial charge on any atom is -0.357 e. The van der Waals surface area contributed by atoms with Gasteiger partial charge in [0.1, 0.15) is 5.03 Å². The molecule has 0 atom stereocenters. The van der Waals surface area contributed by atoms with Gasteiger partial charge in [-0.3, -0.25) is 0 Å². The average Bonchev–Trinajstić information content (AvgIpc) is 3.04. The monoisotopic (exact) mass is 363 g/mol. The normalized spacial score (nSPS) is 10.6. The van der Waals surface area contributed by atoms with Crippen LogP contribution in [0.4, 0.5) is 5.95 Å². The first-order chi connectivity index (χ1) is 10.2. The van der Waals surface area contributed by atoms with Crippen LogP contribution >= 0.6 is 27.7 Å². The Labute approximate surface area is 133 Å². The van der Waals surface area contributed by atoms with Crippen LogP contribution in [0.3, 0.4) is 0 Å². The SMILES string of the molecule is CNc1nc(Sc2ccc(Br)cn2)nc(-n2cccn2)n1. The summed E-state index contributed by atoms with van der Waals surface area (Å²) >= 11 is 4.72. The molecule has 0 aromatic carbocycles. The average molecular weight is 364 g/mol. The zero-order chi connectivity index (χ0) is 14.7. The lowest BCUT2D eigenvalue weighted by molar-refractivity contribution is 0.762. The van der Waals surface area contributed by atoms with Gasteiger partial charge in [-0.1, -0.05) is 0 Å². The zero-order valence-corrected chi connectivity index (χ0v) is 13.3. The third-order valence-corrected chi connectivity index (χ3v) is 3.72. The van der Waals surface area contributed by atoms with Crippen molar-refractivity contribution in [2.45, 2.75) is 10.2 Å². The number of pyridine rings is 1. The molecule has 0 saturated heterocycles. The van der Waals surface area contributed by atoms with Gasteiger partial charge in [0.2, 0.25) is 11.1 Å². The van der Waals surface area contributed by atoms with E-state index in [0.717, 1.165) is 9.50 Å². The quantitative estimate of drug-likeness (QED) is 0.761. The number of hydrogen-bond donors (Lipinski definition) is 1. The van der Waals surface area contributed by atoms with Gasteiger partial charge in [-0.25, -0.2) is 9.67 Å². The van der Waals surface area contributed by atoms with Gasteiger partial charge in [0.15, 0.2) is 0 Å². The van der Waals surface area contributed by atoms with Gasteiger partial charge in [0, 0.05) is 30.1 Å². The molecule has 0 bridgehead atoms. The largest absolute Gasteiger partial charge is 0.357 e. The lowest BCUT2D eigenvalue weighted by Gasteiger charge is -2.06. The predicted octanol–water partition coefficient (Wildman–Crippen LogP) is 2.41. The first-order valence-corrected chi connectivity index (χ1v) is 7.59. The second-order valence-corrected chi connectivity index (χ2v) is 5.76. The van der Waals surface area contributed by atoms with Crippen LogP contribution in [-0.4, -0.2) is 36.8 Å². The second-order valence-electron chi connectivity index (χ2n) is 3.86.